The minimum Gasteiger partial charge on any atom is -0.481 e. The third-order valence-electron chi connectivity index (χ3n) is 8.90. The summed E-state index contributed by atoms with van der Waals surface area (Å²) in [6, 6.07) is 29.6. The first-order valence-corrected chi connectivity index (χ1v) is 15.9. The first-order valence-electron chi connectivity index (χ1n) is 15.6. The number of rotatable bonds is 10. The lowest BCUT2D eigenvalue weighted by molar-refractivity contribution is -0.152. The molecule has 9 heteroatoms. The van der Waals surface area contributed by atoms with Crippen LogP contribution in [0, 0.1) is 5.41 Å². The number of halogens is 1. The van der Waals surface area contributed by atoms with E-state index in [2.05, 4.69) is 32.2 Å². The summed E-state index contributed by atoms with van der Waals surface area (Å²) in [6.07, 6.45) is 3.95. The minimum atomic E-state index is -0.833. The Balaban J connectivity index is 1.19. The Kier molecular flexibility index (Phi) is 9.04. The normalized spacial score (nSPS) is 15.8. The van der Waals surface area contributed by atoms with Crippen molar-refractivity contribution in [2.24, 2.45) is 11.1 Å². The van der Waals surface area contributed by atoms with Gasteiger partial charge in [-0.25, -0.2) is 0 Å². The van der Waals surface area contributed by atoms with Crippen LogP contribution in [0.5, 0.6) is 0 Å². The number of aliphatic carboxylic acids is 1. The zero-order valence-electron chi connectivity index (χ0n) is 26.1. The van der Waals surface area contributed by atoms with Crippen molar-refractivity contribution in [1.82, 2.24) is 20.0 Å². The van der Waals surface area contributed by atoms with Gasteiger partial charge in [-0.1, -0.05) is 83.5 Å². The Bertz CT molecular complexity index is 1780. The van der Waals surface area contributed by atoms with Crippen molar-refractivity contribution in [2.45, 2.75) is 51.1 Å². The van der Waals surface area contributed by atoms with E-state index in [4.69, 9.17) is 21.9 Å². The lowest BCUT2D eigenvalue weighted by atomic mass is 9.74. The van der Waals surface area contributed by atoms with Gasteiger partial charge in [0.05, 0.1) is 5.41 Å². The summed E-state index contributed by atoms with van der Waals surface area (Å²) < 4.78 is 5.63. The third kappa shape index (κ3) is 7.04. The molecule has 2 aromatic heterocycles. The van der Waals surface area contributed by atoms with Gasteiger partial charge >= 0.3 is 5.97 Å². The molecule has 0 radical (unpaired) electrons. The van der Waals surface area contributed by atoms with Gasteiger partial charge in [0.25, 0.3) is 5.89 Å². The minimum absolute atomic E-state index is 0.0294. The van der Waals surface area contributed by atoms with Gasteiger partial charge in [-0.3, -0.25) is 14.7 Å². The highest BCUT2D eigenvalue weighted by Gasteiger charge is 2.43. The number of hydrogen-bond acceptors (Lipinski definition) is 7. The van der Waals surface area contributed by atoms with Crippen LogP contribution in [-0.4, -0.2) is 49.7 Å². The van der Waals surface area contributed by atoms with Crippen LogP contribution < -0.4 is 5.73 Å². The van der Waals surface area contributed by atoms with E-state index in [9.17, 15) is 9.90 Å². The number of benzene rings is 3. The van der Waals surface area contributed by atoms with Crippen LogP contribution in [0.25, 0.3) is 34.0 Å². The highest BCUT2D eigenvalue weighted by molar-refractivity contribution is 6.33. The van der Waals surface area contributed by atoms with Crippen LogP contribution in [0.1, 0.15) is 50.4 Å². The molecule has 1 unspecified atom stereocenters. The monoisotopic (exact) mass is 635 g/mol. The summed E-state index contributed by atoms with van der Waals surface area (Å²) in [4.78, 5) is 24.0. The zero-order chi connectivity index (χ0) is 32.3. The van der Waals surface area contributed by atoms with Crippen LogP contribution >= 0.6 is 11.6 Å². The number of nitrogens with two attached hydrogens (primary N) is 1. The van der Waals surface area contributed by atoms with Gasteiger partial charge in [-0.05, 0) is 81.6 Å². The van der Waals surface area contributed by atoms with E-state index in [1.807, 2.05) is 92.7 Å². The second-order valence-electron chi connectivity index (χ2n) is 12.9. The summed E-state index contributed by atoms with van der Waals surface area (Å²) in [7, 11) is 0. The number of carboxylic acids is 1. The van der Waals surface area contributed by atoms with Crippen molar-refractivity contribution in [3.8, 4) is 34.0 Å². The highest BCUT2D eigenvalue weighted by atomic mass is 35.5. The van der Waals surface area contributed by atoms with Crippen molar-refractivity contribution < 1.29 is 14.4 Å². The molecule has 8 nitrogen and oxygen atoms in total. The second kappa shape index (κ2) is 13.2. The number of carbonyl (C=O) groups is 1. The number of hydrogen-bond donors (Lipinski definition) is 2. The van der Waals surface area contributed by atoms with Crippen LogP contribution in [0.15, 0.2) is 102 Å². The van der Waals surface area contributed by atoms with Crippen LogP contribution in [0.4, 0.5) is 0 Å². The molecule has 1 fully saturated rings. The molecular formula is C37H38ClN5O3. The lowest BCUT2D eigenvalue weighted by Crippen LogP contribution is -2.48. The van der Waals surface area contributed by atoms with Gasteiger partial charge in [0.1, 0.15) is 0 Å². The topological polar surface area (TPSA) is 118 Å². The Morgan fingerprint density at radius 3 is 2.30 bits per heavy atom. The van der Waals surface area contributed by atoms with Gasteiger partial charge < -0.3 is 15.4 Å². The van der Waals surface area contributed by atoms with Gasteiger partial charge in [-0.15, -0.1) is 0 Å². The average molecular weight is 636 g/mol. The Labute approximate surface area is 274 Å². The predicted molar refractivity (Wildman–Crippen MR) is 180 cm³/mol. The van der Waals surface area contributed by atoms with Crippen molar-refractivity contribution >= 4 is 17.6 Å². The quantitative estimate of drug-likeness (QED) is 0.160. The molecule has 0 aliphatic carbocycles. The summed E-state index contributed by atoms with van der Waals surface area (Å²) in [5.74, 6) is 0.121. The number of piperidine rings is 1. The SMILES string of the molecule is CC(C)(N)CC(c1ccc(-c2noc(-c3ccc(-c4ccccc4)c(Cl)c3)n2)cc1)N1CCC(Cc2ccccn2)(C(=O)O)CC1. The van der Waals surface area contributed by atoms with E-state index < -0.39 is 16.9 Å². The van der Waals surface area contributed by atoms with E-state index in [1.54, 1.807) is 6.20 Å². The van der Waals surface area contributed by atoms with Crippen LogP contribution in [-0.2, 0) is 11.2 Å². The fourth-order valence-corrected chi connectivity index (χ4v) is 6.64. The Hall–Kier alpha value is -4.37. The summed E-state index contributed by atoms with van der Waals surface area (Å²) in [5, 5.41) is 15.1. The fourth-order valence-electron chi connectivity index (χ4n) is 6.35. The third-order valence-corrected chi connectivity index (χ3v) is 9.21. The Morgan fingerprint density at radius 1 is 0.978 bits per heavy atom. The number of pyridine rings is 1. The fraction of sp³-hybridized carbons (Fsp3) is 0.297. The zero-order valence-corrected chi connectivity index (χ0v) is 26.8. The molecule has 3 aromatic carbocycles. The van der Waals surface area contributed by atoms with Gasteiger partial charge in [0, 0.05) is 51.6 Å². The number of nitrogens with zero attached hydrogens (tertiary/aromatic N) is 4. The van der Waals surface area contributed by atoms with E-state index in [0.717, 1.165) is 39.9 Å². The first-order chi connectivity index (χ1) is 22.1. The maximum Gasteiger partial charge on any atom is 0.310 e. The van der Waals surface area contributed by atoms with E-state index in [-0.39, 0.29) is 6.04 Å². The molecule has 0 spiro atoms. The summed E-state index contributed by atoms with van der Waals surface area (Å²) >= 11 is 6.63. The molecule has 1 aliphatic heterocycles. The van der Waals surface area contributed by atoms with Crippen molar-refractivity contribution in [1.29, 1.82) is 0 Å². The van der Waals surface area contributed by atoms with E-state index in [0.29, 0.717) is 49.1 Å². The molecule has 0 saturated carbocycles. The molecule has 3 heterocycles. The average Bonchev–Trinajstić information content (AvgIpc) is 3.55. The van der Waals surface area contributed by atoms with E-state index in [1.165, 1.54) is 0 Å². The molecular weight excluding hydrogens is 598 g/mol. The summed E-state index contributed by atoms with van der Waals surface area (Å²) in [5.41, 5.74) is 10.8. The van der Waals surface area contributed by atoms with Gasteiger partial charge in [0.2, 0.25) is 5.82 Å². The van der Waals surface area contributed by atoms with Crippen LogP contribution in [0.3, 0.4) is 0 Å². The molecule has 3 N–H and O–H groups in total. The lowest BCUT2D eigenvalue weighted by Gasteiger charge is -2.43. The smallest absolute Gasteiger partial charge is 0.310 e. The van der Waals surface area contributed by atoms with Gasteiger partial charge in [-0.2, -0.15) is 4.98 Å². The van der Waals surface area contributed by atoms with Crippen molar-refractivity contribution in [3.63, 3.8) is 0 Å². The molecule has 0 amide bonds. The number of carboxylic acid groups (broad SMARTS) is 1. The summed E-state index contributed by atoms with van der Waals surface area (Å²) in [6.45, 7) is 5.36. The standard InChI is InChI=1S/C37H38ClN5O3/c1-36(2,39)24-32(43-20-17-37(18-21-43,35(44)45)23-29-10-6-7-19-40-29)26-11-13-27(14-12-26)33-41-34(46-42-33)28-15-16-30(31(38)22-28)25-8-4-3-5-9-25/h3-16,19,22,32H,17-18,20-21,23-24,39H2,1-2H3,(H,44,45). The molecule has 1 saturated heterocycles. The molecule has 46 heavy (non-hydrogen) atoms. The molecule has 6 rings (SSSR count). The Morgan fingerprint density at radius 2 is 1.67 bits per heavy atom. The molecule has 1 aliphatic rings. The molecule has 5 aromatic rings. The first kappa shape index (κ1) is 31.6. The molecule has 0 bridgehead atoms. The second-order valence-corrected chi connectivity index (χ2v) is 13.3. The molecule has 1 atom stereocenters. The largest absolute Gasteiger partial charge is 0.481 e. The van der Waals surface area contributed by atoms with Crippen molar-refractivity contribution in [2.75, 3.05) is 13.1 Å². The molecule has 236 valence electrons. The van der Waals surface area contributed by atoms with Crippen LogP contribution in [0.2, 0.25) is 5.02 Å². The maximum atomic E-state index is 12.5. The van der Waals surface area contributed by atoms with Gasteiger partial charge in [0.15, 0.2) is 0 Å². The highest BCUT2D eigenvalue weighted by Crippen LogP contribution is 2.40. The van der Waals surface area contributed by atoms with Crippen molar-refractivity contribution in [3.05, 3.63) is 113 Å². The number of aromatic nitrogens is 3. The number of likely N-dealkylation sites (tertiary alicyclic amines) is 1. The van der Waals surface area contributed by atoms with E-state index >= 15 is 0 Å². The maximum absolute atomic E-state index is 12.5. The predicted octanol–water partition coefficient (Wildman–Crippen LogP) is 7.70.